The van der Waals surface area contributed by atoms with Gasteiger partial charge in [-0.05, 0) is 30.7 Å². The number of carbonyl (C=O) groups is 1. The predicted octanol–water partition coefficient (Wildman–Crippen LogP) is 4.47. The average Bonchev–Trinajstić information content (AvgIpc) is 2.53. The molecular formula is C17H17ClN2O2. The summed E-state index contributed by atoms with van der Waals surface area (Å²) in [4.78, 5) is 14.3. The van der Waals surface area contributed by atoms with Crippen molar-refractivity contribution in [1.29, 1.82) is 0 Å². The summed E-state index contributed by atoms with van der Waals surface area (Å²) in [5.41, 5.74) is 2.61. The van der Waals surface area contributed by atoms with Gasteiger partial charge in [0.1, 0.15) is 0 Å². The Bertz CT molecular complexity index is 690. The molecule has 0 aromatic heterocycles. The zero-order valence-electron chi connectivity index (χ0n) is 12.3. The van der Waals surface area contributed by atoms with Crippen molar-refractivity contribution in [2.75, 3.05) is 23.9 Å². The fourth-order valence-corrected chi connectivity index (χ4v) is 2.93. The van der Waals surface area contributed by atoms with Gasteiger partial charge in [-0.25, -0.2) is 4.79 Å². The molecule has 1 unspecified atom stereocenters. The molecule has 5 heteroatoms. The van der Waals surface area contributed by atoms with Crippen LogP contribution in [0.1, 0.15) is 18.1 Å². The van der Waals surface area contributed by atoms with Crippen molar-refractivity contribution in [2.45, 2.75) is 12.5 Å². The van der Waals surface area contributed by atoms with Gasteiger partial charge >= 0.3 is 6.03 Å². The number of urea groups is 1. The van der Waals surface area contributed by atoms with Crippen LogP contribution in [0.2, 0.25) is 5.02 Å². The summed E-state index contributed by atoms with van der Waals surface area (Å²) in [6.07, 6.45) is 0.808. The molecule has 1 N–H and O–H groups in total. The van der Waals surface area contributed by atoms with Crippen LogP contribution in [0, 0.1) is 0 Å². The average molecular weight is 317 g/mol. The second kappa shape index (κ2) is 6.38. The Labute approximate surface area is 134 Å². The molecule has 0 saturated heterocycles. The van der Waals surface area contributed by atoms with Crippen LogP contribution in [0.25, 0.3) is 0 Å². The van der Waals surface area contributed by atoms with E-state index in [1.165, 1.54) is 0 Å². The van der Waals surface area contributed by atoms with Crippen LogP contribution < -0.4 is 10.2 Å². The third kappa shape index (κ3) is 2.93. The summed E-state index contributed by atoms with van der Waals surface area (Å²) in [5.74, 6) is 0. The van der Waals surface area contributed by atoms with Gasteiger partial charge in [-0.15, -0.1) is 0 Å². The zero-order valence-corrected chi connectivity index (χ0v) is 13.0. The maximum atomic E-state index is 12.6. The summed E-state index contributed by atoms with van der Waals surface area (Å²) in [7, 11) is 1.70. The number of ether oxygens (including phenoxy) is 1. The van der Waals surface area contributed by atoms with E-state index in [1.807, 2.05) is 36.4 Å². The van der Waals surface area contributed by atoms with E-state index in [-0.39, 0.29) is 12.1 Å². The van der Waals surface area contributed by atoms with Crippen LogP contribution in [0.4, 0.5) is 16.2 Å². The van der Waals surface area contributed by atoms with Crippen molar-refractivity contribution in [3.63, 3.8) is 0 Å². The lowest BCUT2D eigenvalue weighted by atomic mass is 9.99. The molecule has 22 heavy (non-hydrogen) atoms. The minimum absolute atomic E-state index is 0.0337. The first-order valence-corrected chi connectivity index (χ1v) is 7.52. The first-order valence-electron chi connectivity index (χ1n) is 7.15. The molecule has 3 rings (SSSR count). The molecule has 0 fully saturated rings. The number of hydrogen-bond acceptors (Lipinski definition) is 2. The molecule has 0 spiro atoms. The highest BCUT2D eigenvalue weighted by Crippen LogP contribution is 2.35. The Morgan fingerprint density at radius 1 is 1.27 bits per heavy atom. The monoisotopic (exact) mass is 316 g/mol. The number of amides is 2. The summed E-state index contributed by atoms with van der Waals surface area (Å²) in [6.45, 7) is 0.613. The molecular weight excluding hydrogens is 300 g/mol. The van der Waals surface area contributed by atoms with E-state index in [0.29, 0.717) is 17.3 Å². The van der Waals surface area contributed by atoms with Gasteiger partial charge < -0.3 is 10.1 Å². The number of halogens is 1. The molecule has 1 aliphatic heterocycles. The van der Waals surface area contributed by atoms with Crippen LogP contribution in [0.5, 0.6) is 0 Å². The molecule has 0 aliphatic carbocycles. The molecule has 2 aromatic rings. The Balaban J connectivity index is 1.84. The molecule has 2 amide bonds. The molecule has 1 heterocycles. The van der Waals surface area contributed by atoms with E-state index < -0.39 is 0 Å². The van der Waals surface area contributed by atoms with Crippen molar-refractivity contribution in [3.8, 4) is 0 Å². The number of benzene rings is 2. The summed E-state index contributed by atoms with van der Waals surface area (Å²) >= 11 is 5.95. The maximum Gasteiger partial charge on any atom is 0.326 e. The number of methoxy groups -OCH3 is 1. The molecule has 1 atom stereocenters. The highest BCUT2D eigenvalue weighted by molar-refractivity contribution is 6.30. The number of nitrogens with zero attached hydrogens (tertiary/aromatic N) is 1. The Morgan fingerprint density at radius 2 is 2.09 bits per heavy atom. The minimum Gasteiger partial charge on any atom is -0.377 e. The standard InChI is InChI=1S/C17H17ClN2O2/c1-22-16-9-10-20(15-8-3-2-7-14(15)16)17(21)19-13-6-4-5-12(18)11-13/h2-8,11,16H,9-10H2,1H3,(H,19,21). The van der Waals surface area contributed by atoms with E-state index in [0.717, 1.165) is 17.7 Å². The van der Waals surface area contributed by atoms with Crippen LogP contribution in [0.3, 0.4) is 0 Å². The molecule has 114 valence electrons. The van der Waals surface area contributed by atoms with Crippen molar-refractivity contribution in [3.05, 3.63) is 59.1 Å². The highest BCUT2D eigenvalue weighted by atomic mass is 35.5. The van der Waals surface area contributed by atoms with Gasteiger partial charge in [0.15, 0.2) is 0 Å². The second-order valence-electron chi connectivity index (χ2n) is 5.16. The maximum absolute atomic E-state index is 12.6. The number of carbonyl (C=O) groups excluding carboxylic acids is 1. The first-order chi connectivity index (χ1) is 10.7. The highest BCUT2D eigenvalue weighted by Gasteiger charge is 2.28. The van der Waals surface area contributed by atoms with E-state index in [9.17, 15) is 4.79 Å². The normalized spacial score (nSPS) is 17.0. The van der Waals surface area contributed by atoms with Gasteiger partial charge in [0, 0.05) is 29.9 Å². The van der Waals surface area contributed by atoms with Gasteiger partial charge in [-0.3, -0.25) is 4.90 Å². The van der Waals surface area contributed by atoms with Crippen LogP contribution >= 0.6 is 11.6 Å². The molecule has 0 radical (unpaired) electrons. The number of fused-ring (bicyclic) bond motifs is 1. The van der Waals surface area contributed by atoms with E-state index >= 15 is 0 Å². The fourth-order valence-electron chi connectivity index (χ4n) is 2.74. The number of hydrogen-bond donors (Lipinski definition) is 1. The predicted molar refractivity (Wildman–Crippen MR) is 88.6 cm³/mol. The summed E-state index contributed by atoms with van der Waals surface area (Å²) in [6, 6.07) is 14.8. The third-order valence-corrected chi connectivity index (χ3v) is 4.03. The second-order valence-corrected chi connectivity index (χ2v) is 5.60. The summed E-state index contributed by atoms with van der Waals surface area (Å²) in [5, 5.41) is 3.48. The van der Waals surface area contributed by atoms with Crippen LogP contribution in [-0.4, -0.2) is 19.7 Å². The fraction of sp³-hybridized carbons (Fsp3) is 0.235. The molecule has 1 aliphatic rings. The quantitative estimate of drug-likeness (QED) is 0.888. The zero-order chi connectivity index (χ0) is 15.5. The Hall–Kier alpha value is -2.04. The molecule has 4 nitrogen and oxygen atoms in total. The molecule has 0 saturated carbocycles. The lowest BCUT2D eigenvalue weighted by Crippen LogP contribution is -2.39. The smallest absolute Gasteiger partial charge is 0.326 e. The van der Waals surface area contributed by atoms with Gasteiger partial charge in [0.05, 0.1) is 11.8 Å². The first kappa shape index (κ1) is 14.9. The summed E-state index contributed by atoms with van der Waals surface area (Å²) < 4.78 is 5.50. The topological polar surface area (TPSA) is 41.6 Å². The number of nitrogens with one attached hydrogen (secondary N) is 1. The molecule has 0 bridgehead atoms. The van der Waals surface area contributed by atoms with Gasteiger partial charge in [0.25, 0.3) is 0 Å². The van der Waals surface area contributed by atoms with Gasteiger partial charge in [-0.2, -0.15) is 0 Å². The van der Waals surface area contributed by atoms with Crippen LogP contribution in [-0.2, 0) is 4.74 Å². The van der Waals surface area contributed by atoms with E-state index in [4.69, 9.17) is 16.3 Å². The number of para-hydroxylation sites is 1. The van der Waals surface area contributed by atoms with Gasteiger partial charge in [0.2, 0.25) is 0 Å². The largest absolute Gasteiger partial charge is 0.377 e. The minimum atomic E-state index is -0.163. The lowest BCUT2D eigenvalue weighted by Gasteiger charge is -2.33. The Kier molecular flexibility index (Phi) is 4.32. The van der Waals surface area contributed by atoms with Gasteiger partial charge in [-0.1, -0.05) is 35.9 Å². The number of anilines is 2. The lowest BCUT2D eigenvalue weighted by molar-refractivity contribution is 0.0943. The van der Waals surface area contributed by atoms with Crippen molar-refractivity contribution in [2.24, 2.45) is 0 Å². The van der Waals surface area contributed by atoms with Crippen molar-refractivity contribution < 1.29 is 9.53 Å². The van der Waals surface area contributed by atoms with E-state index in [1.54, 1.807) is 24.1 Å². The Morgan fingerprint density at radius 3 is 2.86 bits per heavy atom. The third-order valence-electron chi connectivity index (χ3n) is 3.79. The van der Waals surface area contributed by atoms with Crippen molar-refractivity contribution >= 4 is 29.0 Å². The number of rotatable bonds is 2. The molecule has 2 aromatic carbocycles. The SMILES string of the molecule is COC1CCN(C(=O)Nc2cccc(Cl)c2)c2ccccc21. The van der Waals surface area contributed by atoms with E-state index in [2.05, 4.69) is 5.32 Å². The van der Waals surface area contributed by atoms with Crippen molar-refractivity contribution in [1.82, 2.24) is 0 Å². The van der Waals surface area contributed by atoms with Crippen LogP contribution in [0.15, 0.2) is 48.5 Å².